The standard InChI is InChI=1S/C24H28N4O3/c1-6-31-19-13-16-9-7-8-10-18(16)22(19)27-21-15(3)26-23(28(4)24(21)29)17-11-12-20(30-5)25-14(17)2/h7-12,19,22,27H,6,13H2,1-5H3/t19-,22+/m0/s1. The molecule has 0 saturated carbocycles. The summed E-state index contributed by atoms with van der Waals surface area (Å²) < 4.78 is 12.8. The van der Waals surface area contributed by atoms with Gasteiger partial charge in [0.1, 0.15) is 11.5 Å². The lowest BCUT2D eigenvalue weighted by Gasteiger charge is -2.24. The molecule has 0 radical (unpaired) electrons. The van der Waals surface area contributed by atoms with Gasteiger partial charge in [-0.3, -0.25) is 9.36 Å². The van der Waals surface area contributed by atoms with Crippen molar-refractivity contribution in [1.29, 1.82) is 0 Å². The van der Waals surface area contributed by atoms with Gasteiger partial charge in [0.05, 0.1) is 30.6 Å². The van der Waals surface area contributed by atoms with E-state index in [4.69, 9.17) is 14.5 Å². The number of rotatable bonds is 6. The van der Waals surface area contributed by atoms with Gasteiger partial charge >= 0.3 is 0 Å². The molecule has 1 aliphatic rings. The predicted octanol–water partition coefficient (Wildman–Crippen LogP) is 3.58. The minimum atomic E-state index is -0.127. The second-order valence-corrected chi connectivity index (χ2v) is 7.77. The minimum absolute atomic E-state index is 0.0285. The average molecular weight is 421 g/mol. The fourth-order valence-corrected chi connectivity index (χ4v) is 4.26. The van der Waals surface area contributed by atoms with Crippen molar-refractivity contribution in [3.8, 4) is 17.3 Å². The van der Waals surface area contributed by atoms with Crippen LogP contribution < -0.4 is 15.6 Å². The van der Waals surface area contributed by atoms with E-state index in [1.54, 1.807) is 24.8 Å². The summed E-state index contributed by atoms with van der Waals surface area (Å²) in [7, 11) is 3.32. The van der Waals surface area contributed by atoms with E-state index in [0.717, 1.165) is 17.7 Å². The van der Waals surface area contributed by atoms with Crippen LogP contribution in [0.4, 0.5) is 5.69 Å². The number of nitrogens with zero attached hydrogens (tertiary/aromatic N) is 3. The van der Waals surface area contributed by atoms with Gasteiger partial charge in [-0.2, -0.15) is 0 Å². The quantitative estimate of drug-likeness (QED) is 0.657. The summed E-state index contributed by atoms with van der Waals surface area (Å²) in [5.74, 6) is 1.11. The zero-order chi connectivity index (χ0) is 22.1. The number of methoxy groups -OCH3 is 1. The zero-order valence-electron chi connectivity index (χ0n) is 18.6. The summed E-state index contributed by atoms with van der Waals surface area (Å²) in [4.78, 5) is 22.5. The Kier molecular flexibility index (Phi) is 5.78. The Bertz CT molecular complexity index is 1170. The van der Waals surface area contributed by atoms with Crippen LogP contribution in [-0.2, 0) is 18.2 Å². The third-order valence-electron chi connectivity index (χ3n) is 5.85. The van der Waals surface area contributed by atoms with Crippen LogP contribution in [-0.4, -0.2) is 34.4 Å². The van der Waals surface area contributed by atoms with Crippen molar-refractivity contribution < 1.29 is 9.47 Å². The Labute approximate surface area is 182 Å². The summed E-state index contributed by atoms with van der Waals surface area (Å²) >= 11 is 0. The molecule has 7 heteroatoms. The number of fused-ring (bicyclic) bond motifs is 1. The fourth-order valence-electron chi connectivity index (χ4n) is 4.26. The van der Waals surface area contributed by atoms with Gasteiger partial charge in [-0.25, -0.2) is 9.97 Å². The highest BCUT2D eigenvalue weighted by atomic mass is 16.5. The van der Waals surface area contributed by atoms with Crippen molar-refractivity contribution in [2.45, 2.75) is 39.3 Å². The lowest BCUT2D eigenvalue weighted by molar-refractivity contribution is 0.0574. The van der Waals surface area contributed by atoms with Crippen LogP contribution in [0, 0.1) is 13.8 Å². The molecule has 0 amide bonds. The Morgan fingerprint density at radius 1 is 1.13 bits per heavy atom. The van der Waals surface area contributed by atoms with E-state index in [1.807, 2.05) is 39.0 Å². The highest BCUT2D eigenvalue weighted by Gasteiger charge is 2.34. The molecule has 2 atom stereocenters. The Hall–Kier alpha value is -3.19. The maximum absolute atomic E-state index is 13.4. The summed E-state index contributed by atoms with van der Waals surface area (Å²) in [6.07, 6.45) is 0.794. The molecule has 0 spiro atoms. The normalized spacial score (nSPS) is 17.5. The third-order valence-corrected chi connectivity index (χ3v) is 5.85. The van der Waals surface area contributed by atoms with Crippen LogP contribution in [0.3, 0.4) is 0 Å². The maximum Gasteiger partial charge on any atom is 0.277 e. The lowest BCUT2D eigenvalue weighted by Crippen LogP contribution is -2.31. The summed E-state index contributed by atoms with van der Waals surface area (Å²) in [5, 5.41) is 3.46. The molecule has 3 aromatic rings. The van der Waals surface area contributed by atoms with Crippen LogP contribution in [0.2, 0.25) is 0 Å². The molecule has 4 rings (SSSR count). The van der Waals surface area contributed by atoms with E-state index in [1.165, 1.54) is 11.1 Å². The smallest absolute Gasteiger partial charge is 0.277 e. The first-order valence-electron chi connectivity index (χ1n) is 10.5. The van der Waals surface area contributed by atoms with Crippen LogP contribution in [0.15, 0.2) is 41.2 Å². The molecule has 2 heterocycles. The molecule has 0 aliphatic heterocycles. The summed E-state index contributed by atoms with van der Waals surface area (Å²) in [6, 6.07) is 11.8. The van der Waals surface area contributed by atoms with Gasteiger partial charge in [0.15, 0.2) is 0 Å². The number of hydrogen-bond donors (Lipinski definition) is 1. The van der Waals surface area contributed by atoms with Crippen molar-refractivity contribution in [2.75, 3.05) is 19.0 Å². The molecule has 0 bridgehead atoms. The van der Waals surface area contributed by atoms with Crippen molar-refractivity contribution in [2.24, 2.45) is 7.05 Å². The number of nitrogens with one attached hydrogen (secondary N) is 1. The Morgan fingerprint density at radius 2 is 1.90 bits per heavy atom. The number of aryl methyl sites for hydroxylation is 2. The first-order chi connectivity index (χ1) is 14.9. The number of hydrogen-bond acceptors (Lipinski definition) is 6. The first kappa shape index (κ1) is 21.1. The monoisotopic (exact) mass is 420 g/mol. The van der Waals surface area contributed by atoms with Crippen LogP contribution in [0.25, 0.3) is 11.4 Å². The van der Waals surface area contributed by atoms with E-state index in [9.17, 15) is 4.79 Å². The molecule has 1 N–H and O–H groups in total. The van der Waals surface area contributed by atoms with Gasteiger partial charge in [-0.05, 0) is 38.0 Å². The number of aromatic nitrogens is 3. The highest BCUT2D eigenvalue weighted by Crippen LogP contribution is 2.36. The van der Waals surface area contributed by atoms with Gasteiger partial charge in [-0.1, -0.05) is 24.3 Å². The van der Waals surface area contributed by atoms with E-state index >= 15 is 0 Å². The number of ether oxygens (including phenoxy) is 2. The Morgan fingerprint density at radius 3 is 2.61 bits per heavy atom. The molecule has 0 saturated heterocycles. The maximum atomic E-state index is 13.4. The predicted molar refractivity (Wildman–Crippen MR) is 121 cm³/mol. The van der Waals surface area contributed by atoms with Crippen LogP contribution in [0.1, 0.15) is 35.5 Å². The molecule has 1 aliphatic carbocycles. The molecular weight excluding hydrogens is 392 g/mol. The molecule has 162 valence electrons. The zero-order valence-corrected chi connectivity index (χ0v) is 18.6. The van der Waals surface area contributed by atoms with Crippen LogP contribution in [0.5, 0.6) is 5.88 Å². The van der Waals surface area contributed by atoms with E-state index in [0.29, 0.717) is 29.7 Å². The molecular formula is C24H28N4O3. The van der Waals surface area contributed by atoms with Gasteiger partial charge in [0, 0.05) is 31.7 Å². The van der Waals surface area contributed by atoms with Crippen molar-refractivity contribution in [3.05, 3.63) is 69.3 Å². The fraction of sp³-hybridized carbons (Fsp3) is 0.375. The average Bonchev–Trinajstić information content (AvgIpc) is 3.11. The molecule has 0 fully saturated rings. The molecule has 0 unspecified atom stereocenters. The van der Waals surface area contributed by atoms with E-state index in [-0.39, 0.29) is 17.7 Å². The third kappa shape index (κ3) is 3.81. The van der Waals surface area contributed by atoms with Crippen molar-refractivity contribution in [3.63, 3.8) is 0 Å². The first-order valence-corrected chi connectivity index (χ1v) is 10.5. The molecule has 2 aromatic heterocycles. The SMILES string of the molecule is CCO[C@H]1Cc2ccccc2[C@H]1Nc1c(C)nc(-c2ccc(OC)nc2C)n(C)c1=O. The second kappa shape index (κ2) is 8.51. The number of anilines is 1. The van der Waals surface area contributed by atoms with Crippen molar-refractivity contribution in [1.82, 2.24) is 14.5 Å². The van der Waals surface area contributed by atoms with Gasteiger partial charge in [0.2, 0.25) is 5.88 Å². The van der Waals surface area contributed by atoms with Crippen molar-refractivity contribution >= 4 is 5.69 Å². The minimum Gasteiger partial charge on any atom is -0.481 e. The lowest BCUT2D eigenvalue weighted by atomic mass is 10.1. The second-order valence-electron chi connectivity index (χ2n) is 7.77. The largest absolute Gasteiger partial charge is 0.481 e. The highest BCUT2D eigenvalue weighted by molar-refractivity contribution is 5.62. The van der Waals surface area contributed by atoms with E-state index < -0.39 is 0 Å². The molecule has 31 heavy (non-hydrogen) atoms. The summed E-state index contributed by atoms with van der Waals surface area (Å²) in [5.41, 5.74) is 4.98. The van der Waals surface area contributed by atoms with E-state index in [2.05, 4.69) is 22.4 Å². The van der Waals surface area contributed by atoms with Gasteiger partial charge in [0.25, 0.3) is 5.56 Å². The van der Waals surface area contributed by atoms with Crippen LogP contribution >= 0.6 is 0 Å². The Balaban J connectivity index is 1.74. The number of pyridine rings is 1. The van der Waals surface area contributed by atoms with Gasteiger partial charge in [-0.15, -0.1) is 0 Å². The topological polar surface area (TPSA) is 78.3 Å². The molecule has 1 aromatic carbocycles. The van der Waals surface area contributed by atoms with Gasteiger partial charge < -0.3 is 14.8 Å². The number of benzene rings is 1. The molecule has 7 nitrogen and oxygen atoms in total. The summed E-state index contributed by atoms with van der Waals surface area (Å²) in [6.45, 7) is 6.35.